The molecule has 0 aliphatic heterocycles. The third-order valence-corrected chi connectivity index (χ3v) is 12.3. The van der Waals surface area contributed by atoms with Crippen molar-refractivity contribution < 1.29 is 0 Å². The molecule has 3 fully saturated rings. The van der Waals surface area contributed by atoms with Crippen LogP contribution in [0.2, 0.25) is 0 Å². The summed E-state index contributed by atoms with van der Waals surface area (Å²) in [6, 6.07) is 58.9. The van der Waals surface area contributed by atoms with E-state index < -0.39 is 0 Å². The van der Waals surface area contributed by atoms with Crippen LogP contribution in [0.4, 0.5) is 0 Å². The second kappa shape index (κ2) is 12.8. The average Bonchev–Trinajstić information content (AvgIpc) is 3.27. The maximum absolute atomic E-state index is 5.21. The molecule has 0 spiro atoms. The first-order valence-electron chi connectivity index (χ1n) is 19.3. The maximum Gasteiger partial charge on any atom is 0.164 e. The molecular formula is C50H37N5. The summed E-state index contributed by atoms with van der Waals surface area (Å²) in [6.07, 6.45) is 4.19. The molecule has 5 nitrogen and oxygen atoms in total. The molecule has 3 aliphatic carbocycles. The Balaban J connectivity index is 0.996. The molecule has 6 aromatic carbocycles. The van der Waals surface area contributed by atoms with Gasteiger partial charge in [0.1, 0.15) is 0 Å². The largest absolute Gasteiger partial charge is 0.228 e. The van der Waals surface area contributed by atoms with Crippen molar-refractivity contribution in [2.75, 3.05) is 0 Å². The number of aromatic nitrogens is 5. The molecule has 2 atom stereocenters. The summed E-state index contributed by atoms with van der Waals surface area (Å²) in [7, 11) is 0. The van der Waals surface area contributed by atoms with Gasteiger partial charge in [-0.25, -0.2) is 24.9 Å². The fraction of sp³-hybridized carbons (Fsp3) is 0.140. The number of benzene rings is 6. The van der Waals surface area contributed by atoms with Gasteiger partial charge in [-0.3, -0.25) is 0 Å². The topological polar surface area (TPSA) is 64.5 Å². The van der Waals surface area contributed by atoms with Crippen molar-refractivity contribution >= 4 is 0 Å². The van der Waals surface area contributed by atoms with Gasteiger partial charge in [-0.2, -0.15) is 0 Å². The minimum absolute atomic E-state index is 0.435. The molecule has 55 heavy (non-hydrogen) atoms. The summed E-state index contributed by atoms with van der Waals surface area (Å²) < 4.78 is 0. The van der Waals surface area contributed by atoms with Crippen LogP contribution in [-0.4, -0.2) is 24.9 Å². The number of hydrogen-bond donors (Lipinski definition) is 0. The molecule has 8 aromatic rings. The molecule has 2 heterocycles. The number of rotatable bonds is 8. The highest BCUT2D eigenvalue weighted by atomic mass is 15.0. The van der Waals surface area contributed by atoms with E-state index >= 15 is 0 Å². The lowest BCUT2D eigenvalue weighted by Crippen LogP contribution is -2.71. The van der Waals surface area contributed by atoms with Gasteiger partial charge >= 0.3 is 0 Å². The van der Waals surface area contributed by atoms with E-state index in [0.29, 0.717) is 22.9 Å². The van der Waals surface area contributed by atoms with Crippen molar-refractivity contribution in [1.82, 2.24) is 24.9 Å². The van der Waals surface area contributed by atoms with E-state index in [-0.39, 0.29) is 0 Å². The molecule has 0 bridgehead atoms. The van der Waals surface area contributed by atoms with Crippen LogP contribution in [0, 0.1) is 17.8 Å². The van der Waals surface area contributed by atoms with Crippen molar-refractivity contribution in [3.05, 3.63) is 175 Å². The van der Waals surface area contributed by atoms with Crippen molar-refractivity contribution in [1.29, 1.82) is 0 Å². The number of nitrogens with zero attached hydrogens (tertiary/aromatic N) is 5. The molecule has 2 unspecified atom stereocenters. The van der Waals surface area contributed by atoms with Gasteiger partial charge in [-0.1, -0.05) is 152 Å². The first-order chi connectivity index (χ1) is 27.2. The van der Waals surface area contributed by atoms with Crippen LogP contribution in [0.25, 0.3) is 79.2 Å². The highest BCUT2D eigenvalue weighted by molar-refractivity contribution is 5.76. The van der Waals surface area contributed by atoms with Crippen LogP contribution in [0.5, 0.6) is 0 Å². The lowest BCUT2D eigenvalue weighted by atomic mass is 9.28. The lowest BCUT2D eigenvalue weighted by Gasteiger charge is -2.76. The first-order valence-corrected chi connectivity index (χ1v) is 19.3. The van der Waals surface area contributed by atoms with Gasteiger partial charge in [0.15, 0.2) is 23.3 Å². The van der Waals surface area contributed by atoms with Gasteiger partial charge in [0.05, 0.1) is 11.4 Å². The predicted molar refractivity (Wildman–Crippen MR) is 219 cm³/mol. The zero-order valence-electron chi connectivity index (χ0n) is 30.3. The van der Waals surface area contributed by atoms with E-state index in [0.717, 1.165) is 79.5 Å². The Hall–Kier alpha value is -6.59. The second-order valence-electron chi connectivity index (χ2n) is 15.5. The van der Waals surface area contributed by atoms with Gasteiger partial charge < -0.3 is 0 Å². The van der Waals surface area contributed by atoms with E-state index in [2.05, 4.69) is 127 Å². The van der Waals surface area contributed by atoms with Crippen molar-refractivity contribution in [2.45, 2.75) is 24.7 Å². The first kappa shape index (κ1) is 31.9. The van der Waals surface area contributed by atoms with Crippen molar-refractivity contribution in [2.24, 2.45) is 17.8 Å². The smallest absolute Gasteiger partial charge is 0.164 e. The maximum atomic E-state index is 5.21. The summed E-state index contributed by atoms with van der Waals surface area (Å²) in [5, 5.41) is 0. The van der Waals surface area contributed by atoms with Crippen LogP contribution in [0.15, 0.2) is 170 Å². The van der Waals surface area contributed by atoms with Gasteiger partial charge in [0.2, 0.25) is 0 Å². The summed E-state index contributed by atoms with van der Waals surface area (Å²) in [6.45, 7) is 0. The minimum atomic E-state index is 0.435. The van der Waals surface area contributed by atoms with E-state index in [1.807, 2.05) is 42.5 Å². The van der Waals surface area contributed by atoms with E-state index in [4.69, 9.17) is 24.9 Å². The number of hydrogen-bond acceptors (Lipinski definition) is 5. The fourth-order valence-electron chi connectivity index (χ4n) is 9.66. The zero-order valence-corrected chi connectivity index (χ0v) is 30.3. The Morgan fingerprint density at radius 3 is 1.36 bits per heavy atom. The molecule has 262 valence electrons. The molecule has 5 heteroatoms. The molecule has 0 radical (unpaired) electrons. The quantitative estimate of drug-likeness (QED) is 0.157. The van der Waals surface area contributed by atoms with Crippen LogP contribution in [-0.2, 0) is 5.41 Å². The third kappa shape index (κ3) is 5.49. The highest BCUT2D eigenvalue weighted by Crippen LogP contribution is 2.77. The predicted octanol–water partition coefficient (Wildman–Crippen LogP) is 11.6. The van der Waals surface area contributed by atoms with E-state index in [1.165, 1.54) is 24.8 Å². The van der Waals surface area contributed by atoms with Gasteiger partial charge in [-0.15, -0.1) is 0 Å². The zero-order chi connectivity index (χ0) is 36.3. The second-order valence-corrected chi connectivity index (χ2v) is 15.5. The molecule has 0 saturated heterocycles. The third-order valence-electron chi connectivity index (χ3n) is 12.3. The van der Waals surface area contributed by atoms with E-state index in [9.17, 15) is 0 Å². The molecule has 0 amide bonds. The van der Waals surface area contributed by atoms with Crippen LogP contribution in [0.1, 0.15) is 24.8 Å². The molecule has 0 N–H and O–H groups in total. The fourth-order valence-corrected chi connectivity index (χ4v) is 9.66. The highest BCUT2D eigenvalue weighted by Gasteiger charge is 2.71. The Morgan fingerprint density at radius 2 is 0.782 bits per heavy atom. The van der Waals surface area contributed by atoms with Gasteiger partial charge in [0, 0.05) is 33.4 Å². The minimum Gasteiger partial charge on any atom is -0.228 e. The van der Waals surface area contributed by atoms with Crippen LogP contribution < -0.4 is 0 Å². The molecule has 3 aliphatic rings. The Kier molecular flexibility index (Phi) is 7.41. The Labute approximate surface area is 320 Å². The molecule has 3 saturated carbocycles. The lowest BCUT2D eigenvalue weighted by molar-refractivity contribution is -0.219. The van der Waals surface area contributed by atoms with Crippen LogP contribution >= 0.6 is 0 Å². The van der Waals surface area contributed by atoms with Gasteiger partial charge in [0.25, 0.3) is 0 Å². The van der Waals surface area contributed by atoms with Crippen molar-refractivity contribution in [3.8, 4) is 79.2 Å². The summed E-state index contributed by atoms with van der Waals surface area (Å²) in [5.41, 5.74) is 11.7. The average molecular weight is 708 g/mol. The summed E-state index contributed by atoms with van der Waals surface area (Å²) in [4.78, 5) is 25.5. The monoisotopic (exact) mass is 707 g/mol. The Morgan fingerprint density at radius 1 is 0.345 bits per heavy atom. The molecular weight excluding hydrogens is 671 g/mol. The summed E-state index contributed by atoms with van der Waals surface area (Å²) >= 11 is 0. The van der Waals surface area contributed by atoms with E-state index in [1.54, 1.807) is 0 Å². The Bertz CT molecular complexity index is 2680. The molecule has 11 rings (SSSR count). The van der Waals surface area contributed by atoms with Gasteiger partial charge in [-0.05, 0) is 77.3 Å². The molecule has 2 aromatic heterocycles. The van der Waals surface area contributed by atoms with Crippen molar-refractivity contribution in [3.63, 3.8) is 0 Å². The standard InChI is InChI=1S/C50H37N5/c1-4-12-32(13-5-1)36-18-10-20-38(26-36)48-53-47(34-16-8-3-9-17-34)54-49(55-48)39-21-11-19-37(27-39)44-29-43(33-14-6-2-7-15-33)51-46(52-44)35-22-24-42(25-23-35)50-30-40-28-41(31-50)45(40)50/h1-27,29,40-41,45H,28,30-31H2. The van der Waals surface area contributed by atoms with Crippen LogP contribution in [0.3, 0.4) is 0 Å². The summed E-state index contributed by atoms with van der Waals surface area (Å²) in [5.74, 6) is 5.45. The normalized spacial score (nSPS) is 20.4. The SMILES string of the molecule is c1ccc(-c2cccc(-c3nc(-c4ccccc4)nc(-c4cccc(-c5cc(-c6ccccc6)nc(-c6ccc(C78CC9CC(C7)C98)cc6)n5)c4)n3)c2)cc1.